The van der Waals surface area contributed by atoms with E-state index < -0.39 is 24.6 Å². The summed E-state index contributed by atoms with van der Waals surface area (Å²) in [5.41, 5.74) is 1.63. The lowest BCUT2D eigenvalue weighted by molar-refractivity contribution is -0.140. The van der Waals surface area contributed by atoms with Crippen LogP contribution in [0.1, 0.15) is 0 Å². The van der Waals surface area contributed by atoms with Crippen molar-refractivity contribution in [1.29, 1.82) is 0 Å². The maximum Gasteiger partial charge on any atom is 0.328 e. The first kappa shape index (κ1) is 14.1. The number of carbonyl (C=O) groups excluding carboxylic acids is 1. The van der Waals surface area contributed by atoms with Crippen LogP contribution in [0.4, 0.5) is 16.2 Å². The van der Waals surface area contributed by atoms with Gasteiger partial charge in [0.25, 0.3) is 0 Å². The number of anilines is 2. The number of aliphatic hydroxyl groups excluding tert-OH is 1. The molecule has 0 saturated carbocycles. The molecule has 0 saturated heterocycles. The number of rotatable bonds is 3. The number of benzene rings is 1. The Kier molecular flexibility index (Phi) is 4.09. The molecule has 1 aromatic rings. The van der Waals surface area contributed by atoms with Crippen LogP contribution < -0.4 is 15.1 Å². The number of hydrogen-bond acceptors (Lipinski definition) is 4. The zero-order valence-corrected chi connectivity index (χ0v) is 11.1. The van der Waals surface area contributed by atoms with Crippen molar-refractivity contribution in [2.24, 2.45) is 0 Å². The van der Waals surface area contributed by atoms with Gasteiger partial charge in [-0.1, -0.05) is 12.1 Å². The van der Waals surface area contributed by atoms with Crippen molar-refractivity contribution in [3.63, 3.8) is 0 Å². The van der Waals surface area contributed by atoms with E-state index in [4.69, 9.17) is 10.2 Å². The summed E-state index contributed by atoms with van der Waals surface area (Å²) in [6, 6.07) is 5.58. The molecule has 0 bridgehead atoms. The first-order valence-electron chi connectivity index (χ1n) is 6.26. The molecule has 1 aliphatic rings. The van der Waals surface area contributed by atoms with Gasteiger partial charge in [-0.05, 0) is 12.1 Å². The minimum Gasteiger partial charge on any atom is -0.480 e. The predicted octanol–water partition coefficient (Wildman–Crippen LogP) is 0.0979. The zero-order chi connectivity index (χ0) is 14.7. The maximum absolute atomic E-state index is 12.2. The van der Waals surface area contributed by atoms with Crippen molar-refractivity contribution in [2.45, 2.75) is 6.04 Å². The number of carbonyl (C=O) groups is 2. The monoisotopic (exact) mass is 279 g/mol. The summed E-state index contributed by atoms with van der Waals surface area (Å²) in [6.45, 7) is 0.467. The van der Waals surface area contributed by atoms with E-state index in [-0.39, 0.29) is 0 Å². The molecule has 108 valence electrons. The van der Waals surface area contributed by atoms with Gasteiger partial charge < -0.3 is 20.4 Å². The van der Waals surface area contributed by atoms with Crippen LogP contribution in [-0.4, -0.2) is 55.0 Å². The molecule has 3 N–H and O–H groups in total. The quantitative estimate of drug-likeness (QED) is 0.729. The summed E-state index contributed by atoms with van der Waals surface area (Å²) in [5.74, 6) is -1.26. The molecule has 1 aromatic carbocycles. The number of urea groups is 1. The van der Waals surface area contributed by atoms with Gasteiger partial charge in [-0.15, -0.1) is 0 Å². The van der Waals surface area contributed by atoms with Gasteiger partial charge in [0.15, 0.2) is 6.04 Å². The smallest absolute Gasteiger partial charge is 0.328 e. The van der Waals surface area contributed by atoms with E-state index in [2.05, 4.69) is 5.32 Å². The third-order valence-electron chi connectivity index (χ3n) is 3.27. The van der Waals surface area contributed by atoms with E-state index in [9.17, 15) is 9.59 Å². The molecule has 0 spiro atoms. The Morgan fingerprint density at radius 1 is 1.30 bits per heavy atom. The number of para-hydroxylation sites is 2. The number of aliphatic carboxylic acids is 1. The number of aliphatic hydroxyl groups is 1. The van der Waals surface area contributed by atoms with E-state index in [0.717, 1.165) is 11.4 Å². The number of amides is 2. The summed E-state index contributed by atoms with van der Waals surface area (Å²) >= 11 is 0. The first-order valence-corrected chi connectivity index (χ1v) is 6.26. The Morgan fingerprint density at radius 2 is 1.95 bits per heavy atom. The van der Waals surface area contributed by atoms with Crippen LogP contribution in [0.3, 0.4) is 0 Å². The van der Waals surface area contributed by atoms with Gasteiger partial charge in [0.05, 0.1) is 18.0 Å². The minimum absolute atomic E-state index is 0.455. The molecule has 7 heteroatoms. The lowest BCUT2D eigenvalue weighted by Gasteiger charge is -2.35. The van der Waals surface area contributed by atoms with Crippen LogP contribution in [0.2, 0.25) is 0 Å². The van der Waals surface area contributed by atoms with Crippen molar-refractivity contribution in [1.82, 2.24) is 5.32 Å². The molecular weight excluding hydrogens is 262 g/mol. The molecule has 0 aliphatic carbocycles. The van der Waals surface area contributed by atoms with E-state index in [1.165, 1.54) is 4.90 Å². The van der Waals surface area contributed by atoms with E-state index in [1.807, 2.05) is 30.1 Å². The van der Waals surface area contributed by atoms with Crippen molar-refractivity contribution in [3.8, 4) is 0 Å². The molecule has 0 radical (unpaired) electrons. The predicted molar refractivity (Wildman–Crippen MR) is 74.1 cm³/mol. The van der Waals surface area contributed by atoms with Gasteiger partial charge >= 0.3 is 12.0 Å². The highest BCUT2D eigenvalue weighted by Gasteiger charge is 2.27. The van der Waals surface area contributed by atoms with Crippen molar-refractivity contribution in [2.75, 3.05) is 36.5 Å². The topological polar surface area (TPSA) is 93.1 Å². The Balaban J connectivity index is 2.19. The molecule has 0 aromatic heterocycles. The third-order valence-corrected chi connectivity index (χ3v) is 3.27. The Morgan fingerprint density at radius 3 is 2.55 bits per heavy atom. The molecule has 20 heavy (non-hydrogen) atoms. The zero-order valence-electron chi connectivity index (χ0n) is 11.1. The number of nitrogens with one attached hydrogen (secondary N) is 1. The first-order chi connectivity index (χ1) is 9.54. The van der Waals surface area contributed by atoms with Crippen LogP contribution in [0.5, 0.6) is 0 Å². The van der Waals surface area contributed by atoms with Gasteiger partial charge in [0, 0.05) is 20.1 Å². The Labute approximate surface area is 116 Å². The second kappa shape index (κ2) is 5.79. The molecule has 2 amide bonds. The number of nitrogens with zero attached hydrogens (tertiary/aromatic N) is 2. The summed E-state index contributed by atoms with van der Waals surface area (Å²) in [4.78, 5) is 26.5. The highest BCUT2D eigenvalue weighted by atomic mass is 16.4. The van der Waals surface area contributed by atoms with Crippen LogP contribution in [0, 0.1) is 0 Å². The van der Waals surface area contributed by atoms with Gasteiger partial charge in [-0.3, -0.25) is 4.90 Å². The maximum atomic E-state index is 12.2. The highest BCUT2D eigenvalue weighted by molar-refractivity contribution is 5.98. The molecule has 7 nitrogen and oxygen atoms in total. The molecule has 0 unspecified atom stereocenters. The van der Waals surface area contributed by atoms with Crippen molar-refractivity contribution >= 4 is 23.4 Å². The molecular formula is C13H17N3O4. The summed E-state index contributed by atoms with van der Waals surface area (Å²) in [6.07, 6.45) is 0. The SMILES string of the molecule is CN1CCN(C(=O)N[C@H](CO)C(=O)O)c2ccccc21. The fourth-order valence-electron chi connectivity index (χ4n) is 2.13. The molecule has 1 heterocycles. The number of carboxylic acid groups (broad SMARTS) is 1. The number of likely N-dealkylation sites (N-methyl/N-ethyl adjacent to an activating group) is 1. The van der Waals surface area contributed by atoms with Crippen molar-refractivity contribution < 1.29 is 19.8 Å². The van der Waals surface area contributed by atoms with Crippen LogP contribution in [0.25, 0.3) is 0 Å². The average molecular weight is 279 g/mol. The van der Waals surface area contributed by atoms with E-state index >= 15 is 0 Å². The normalized spacial score (nSPS) is 15.5. The lowest BCUT2D eigenvalue weighted by atomic mass is 10.2. The molecule has 0 fully saturated rings. The van der Waals surface area contributed by atoms with Crippen LogP contribution >= 0.6 is 0 Å². The number of fused-ring (bicyclic) bond motifs is 1. The summed E-state index contributed by atoms with van der Waals surface area (Å²) < 4.78 is 0. The largest absolute Gasteiger partial charge is 0.480 e. The lowest BCUT2D eigenvalue weighted by Crippen LogP contribution is -2.52. The molecule has 2 rings (SSSR count). The third kappa shape index (κ3) is 2.67. The Hall–Kier alpha value is -2.28. The fraction of sp³-hybridized carbons (Fsp3) is 0.385. The summed E-state index contributed by atoms with van der Waals surface area (Å²) in [5, 5.41) is 20.1. The van der Waals surface area contributed by atoms with E-state index in [0.29, 0.717) is 13.1 Å². The molecule has 1 aliphatic heterocycles. The standard InChI is InChI=1S/C13H17N3O4/c1-15-6-7-16(11-5-3-2-4-10(11)15)13(20)14-9(8-17)12(18)19/h2-5,9,17H,6-8H2,1H3,(H,14,20)(H,18,19)/t9-/m1/s1. The Bertz CT molecular complexity index is 520. The number of carboxylic acids is 1. The van der Waals surface area contributed by atoms with E-state index in [1.54, 1.807) is 6.07 Å². The van der Waals surface area contributed by atoms with Gasteiger partial charge in [-0.25, -0.2) is 9.59 Å². The summed E-state index contributed by atoms with van der Waals surface area (Å²) in [7, 11) is 1.93. The van der Waals surface area contributed by atoms with Gasteiger partial charge in [-0.2, -0.15) is 0 Å². The van der Waals surface area contributed by atoms with Crippen molar-refractivity contribution in [3.05, 3.63) is 24.3 Å². The second-order valence-electron chi connectivity index (χ2n) is 4.58. The van der Waals surface area contributed by atoms with Crippen LogP contribution in [0.15, 0.2) is 24.3 Å². The second-order valence-corrected chi connectivity index (χ2v) is 4.58. The van der Waals surface area contributed by atoms with Gasteiger partial charge in [0.2, 0.25) is 0 Å². The van der Waals surface area contributed by atoms with Crippen LogP contribution in [-0.2, 0) is 4.79 Å². The highest BCUT2D eigenvalue weighted by Crippen LogP contribution is 2.31. The molecule has 1 atom stereocenters. The minimum atomic E-state index is -1.30. The fourth-order valence-corrected chi connectivity index (χ4v) is 2.13. The average Bonchev–Trinajstić information content (AvgIpc) is 2.45. The number of hydrogen-bond donors (Lipinski definition) is 3. The van der Waals surface area contributed by atoms with Gasteiger partial charge in [0.1, 0.15) is 0 Å².